The molecule has 0 saturated heterocycles. The third-order valence-corrected chi connectivity index (χ3v) is 4.33. The predicted octanol–water partition coefficient (Wildman–Crippen LogP) is 4.71. The van der Waals surface area contributed by atoms with Crippen LogP contribution in [0.3, 0.4) is 0 Å². The van der Waals surface area contributed by atoms with Crippen molar-refractivity contribution in [3.63, 3.8) is 0 Å². The minimum atomic E-state index is -0.185. The van der Waals surface area contributed by atoms with Crippen molar-refractivity contribution in [1.29, 1.82) is 0 Å². The molecule has 2 rings (SSSR count). The molecule has 1 N–H and O–H groups in total. The van der Waals surface area contributed by atoms with Crippen molar-refractivity contribution >= 4 is 15.9 Å². The lowest BCUT2D eigenvalue weighted by Crippen LogP contribution is -2.20. The maximum Gasteiger partial charge on any atom is 0.142 e. The first kappa shape index (κ1) is 15.2. The van der Waals surface area contributed by atoms with Gasteiger partial charge >= 0.3 is 0 Å². The number of rotatable bonds is 4. The minimum absolute atomic E-state index is 0.0328. The maximum absolute atomic E-state index is 14.2. The molecule has 0 aliphatic carbocycles. The van der Waals surface area contributed by atoms with E-state index >= 15 is 0 Å². The molecule has 1 nitrogen and oxygen atoms in total. The molecule has 0 aliphatic rings. The van der Waals surface area contributed by atoms with Crippen LogP contribution in [0, 0.1) is 19.7 Å². The highest BCUT2D eigenvalue weighted by atomic mass is 79.9. The van der Waals surface area contributed by atoms with Gasteiger partial charge in [0.1, 0.15) is 5.82 Å². The Kier molecular flexibility index (Phi) is 4.95. The van der Waals surface area contributed by atoms with Gasteiger partial charge in [-0.2, -0.15) is 0 Å². The summed E-state index contributed by atoms with van der Waals surface area (Å²) in [5.41, 5.74) is 4.46. The van der Waals surface area contributed by atoms with E-state index in [4.69, 9.17) is 0 Å². The molecule has 106 valence electrons. The molecule has 3 heteroatoms. The van der Waals surface area contributed by atoms with E-state index in [0.717, 1.165) is 6.42 Å². The first-order valence-electron chi connectivity index (χ1n) is 6.70. The van der Waals surface area contributed by atoms with Gasteiger partial charge in [-0.05, 0) is 66.0 Å². The predicted molar refractivity (Wildman–Crippen MR) is 85.5 cm³/mol. The van der Waals surface area contributed by atoms with E-state index in [9.17, 15) is 4.39 Å². The largest absolute Gasteiger partial charge is 0.313 e. The summed E-state index contributed by atoms with van der Waals surface area (Å²) in [6.45, 7) is 4.20. The second-order valence-electron chi connectivity index (χ2n) is 5.11. The van der Waals surface area contributed by atoms with Crippen molar-refractivity contribution in [3.05, 3.63) is 68.9 Å². The monoisotopic (exact) mass is 335 g/mol. The normalized spacial score (nSPS) is 12.4. The van der Waals surface area contributed by atoms with E-state index in [2.05, 4.69) is 53.3 Å². The molecule has 0 aliphatic heterocycles. The second-order valence-corrected chi connectivity index (χ2v) is 5.96. The Morgan fingerprint density at radius 1 is 1.15 bits per heavy atom. The maximum atomic E-state index is 14.2. The van der Waals surface area contributed by atoms with Crippen molar-refractivity contribution in [3.8, 4) is 0 Å². The van der Waals surface area contributed by atoms with Gasteiger partial charge in [-0.25, -0.2) is 4.39 Å². The van der Waals surface area contributed by atoms with Gasteiger partial charge in [0.2, 0.25) is 0 Å². The molecule has 0 amide bonds. The summed E-state index contributed by atoms with van der Waals surface area (Å²) < 4.78 is 14.7. The van der Waals surface area contributed by atoms with Gasteiger partial charge in [-0.1, -0.05) is 30.3 Å². The van der Waals surface area contributed by atoms with Crippen LogP contribution in [0.5, 0.6) is 0 Å². The smallest absolute Gasteiger partial charge is 0.142 e. The number of hydrogen-bond donors (Lipinski definition) is 1. The molecule has 0 fully saturated rings. The Bertz CT molecular complexity index is 610. The van der Waals surface area contributed by atoms with E-state index in [1.54, 1.807) is 6.07 Å². The molecule has 2 aromatic carbocycles. The first-order valence-corrected chi connectivity index (χ1v) is 7.49. The highest BCUT2D eigenvalue weighted by Gasteiger charge is 2.16. The van der Waals surface area contributed by atoms with Crippen molar-refractivity contribution < 1.29 is 4.39 Å². The molecule has 1 atom stereocenters. The van der Waals surface area contributed by atoms with Crippen LogP contribution < -0.4 is 5.32 Å². The Labute approximate surface area is 128 Å². The molecule has 2 aromatic rings. The zero-order valence-corrected chi connectivity index (χ0v) is 13.6. The van der Waals surface area contributed by atoms with Gasteiger partial charge in [0.25, 0.3) is 0 Å². The standard InChI is InChI=1S/C17H19BrFN/c1-11-7-8-13(9-12(11)2)10-16(20-3)14-5-4-6-15(18)17(14)19/h4-9,16,20H,10H2,1-3H3. The molecule has 0 heterocycles. The lowest BCUT2D eigenvalue weighted by Gasteiger charge is -2.18. The molecule has 0 bridgehead atoms. The van der Waals surface area contributed by atoms with Crippen molar-refractivity contribution in [2.24, 2.45) is 0 Å². The fourth-order valence-corrected chi connectivity index (χ4v) is 2.70. The summed E-state index contributed by atoms with van der Waals surface area (Å²) in [6, 6.07) is 11.8. The quantitative estimate of drug-likeness (QED) is 0.853. The number of aryl methyl sites for hydroxylation is 2. The molecular weight excluding hydrogens is 317 g/mol. The fraction of sp³-hybridized carbons (Fsp3) is 0.294. The highest BCUT2D eigenvalue weighted by molar-refractivity contribution is 9.10. The number of benzene rings is 2. The van der Waals surface area contributed by atoms with Crippen LogP contribution >= 0.6 is 15.9 Å². The van der Waals surface area contributed by atoms with E-state index in [1.807, 2.05) is 19.2 Å². The van der Waals surface area contributed by atoms with Crippen molar-refractivity contribution in [2.45, 2.75) is 26.3 Å². The Hall–Kier alpha value is -1.19. The summed E-state index contributed by atoms with van der Waals surface area (Å²) in [4.78, 5) is 0. The zero-order valence-electron chi connectivity index (χ0n) is 12.0. The molecular formula is C17H19BrFN. The average Bonchev–Trinajstić information content (AvgIpc) is 2.43. The fourth-order valence-electron chi connectivity index (χ4n) is 2.32. The Balaban J connectivity index is 2.28. The lowest BCUT2D eigenvalue weighted by molar-refractivity contribution is 0.530. The molecule has 20 heavy (non-hydrogen) atoms. The molecule has 0 aromatic heterocycles. The SMILES string of the molecule is CNC(Cc1ccc(C)c(C)c1)c1cccc(Br)c1F. The van der Waals surface area contributed by atoms with Gasteiger partial charge in [-0.15, -0.1) is 0 Å². The zero-order chi connectivity index (χ0) is 14.7. The van der Waals surface area contributed by atoms with Crippen LogP contribution in [-0.4, -0.2) is 7.05 Å². The van der Waals surface area contributed by atoms with E-state index in [1.165, 1.54) is 16.7 Å². The average molecular weight is 336 g/mol. The molecule has 0 spiro atoms. The molecule has 0 radical (unpaired) electrons. The number of nitrogens with one attached hydrogen (secondary N) is 1. The summed E-state index contributed by atoms with van der Waals surface area (Å²) in [6.07, 6.45) is 0.769. The number of halogens is 2. The summed E-state index contributed by atoms with van der Waals surface area (Å²) in [5, 5.41) is 3.21. The summed E-state index contributed by atoms with van der Waals surface area (Å²) in [5.74, 6) is -0.185. The van der Waals surface area contributed by atoms with Gasteiger partial charge in [-0.3, -0.25) is 0 Å². The third-order valence-electron chi connectivity index (χ3n) is 3.72. The van der Waals surface area contributed by atoms with Crippen LogP contribution in [-0.2, 0) is 6.42 Å². The van der Waals surface area contributed by atoms with Crippen LogP contribution in [0.25, 0.3) is 0 Å². The molecule has 1 unspecified atom stereocenters. The van der Waals surface area contributed by atoms with E-state index in [0.29, 0.717) is 10.0 Å². The van der Waals surface area contributed by atoms with Gasteiger partial charge in [0, 0.05) is 11.6 Å². The lowest BCUT2D eigenvalue weighted by atomic mass is 9.96. The molecule has 0 saturated carbocycles. The second kappa shape index (κ2) is 6.51. The third kappa shape index (κ3) is 3.28. The van der Waals surface area contributed by atoms with Gasteiger partial charge < -0.3 is 5.32 Å². The van der Waals surface area contributed by atoms with Crippen molar-refractivity contribution in [2.75, 3.05) is 7.05 Å². The van der Waals surface area contributed by atoms with Crippen LogP contribution in [0.1, 0.15) is 28.3 Å². The van der Waals surface area contributed by atoms with E-state index in [-0.39, 0.29) is 11.9 Å². The van der Waals surface area contributed by atoms with Crippen LogP contribution in [0.15, 0.2) is 40.9 Å². The summed E-state index contributed by atoms with van der Waals surface area (Å²) >= 11 is 3.25. The van der Waals surface area contributed by atoms with Gasteiger partial charge in [0.15, 0.2) is 0 Å². The number of likely N-dealkylation sites (N-methyl/N-ethyl adjacent to an activating group) is 1. The van der Waals surface area contributed by atoms with Crippen LogP contribution in [0.4, 0.5) is 4.39 Å². The minimum Gasteiger partial charge on any atom is -0.313 e. The van der Waals surface area contributed by atoms with Gasteiger partial charge in [0.05, 0.1) is 4.47 Å². The Morgan fingerprint density at radius 2 is 1.90 bits per heavy atom. The summed E-state index contributed by atoms with van der Waals surface area (Å²) in [7, 11) is 1.87. The van der Waals surface area contributed by atoms with Crippen LogP contribution in [0.2, 0.25) is 0 Å². The highest BCUT2D eigenvalue weighted by Crippen LogP contribution is 2.26. The topological polar surface area (TPSA) is 12.0 Å². The first-order chi connectivity index (χ1) is 9.52. The Morgan fingerprint density at radius 3 is 2.55 bits per heavy atom. The van der Waals surface area contributed by atoms with Crippen molar-refractivity contribution in [1.82, 2.24) is 5.32 Å². The van der Waals surface area contributed by atoms with E-state index < -0.39 is 0 Å². The number of hydrogen-bond acceptors (Lipinski definition) is 1.